The molecule has 1 unspecified atom stereocenters. The third-order valence-electron chi connectivity index (χ3n) is 4.99. The van der Waals surface area contributed by atoms with Crippen molar-refractivity contribution in [3.8, 4) is 0 Å². The van der Waals surface area contributed by atoms with Crippen molar-refractivity contribution in [2.75, 3.05) is 14.2 Å². The Balaban J connectivity index is 1.99. The number of nitrogens with one attached hydrogen (secondary N) is 1. The standard InChI is InChI=1S/C16H26N2OS/c1-15(2)9-11(17-3)13-12(10-15)18-14(20-13)16(19-4)7-5-6-8-16/h11,17H,5-10H2,1-4H3. The lowest BCUT2D eigenvalue weighted by Crippen LogP contribution is -2.30. The first kappa shape index (κ1) is 14.5. The van der Waals surface area contributed by atoms with E-state index in [1.807, 2.05) is 18.4 Å². The molecule has 0 aromatic carbocycles. The van der Waals surface area contributed by atoms with Gasteiger partial charge in [0.2, 0.25) is 0 Å². The Morgan fingerprint density at radius 2 is 2.00 bits per heavy atom. The highest BCUT2D eigenvalue weighted by Gasteiger charge is 2.42. The zero-order valence-electron chi connectivity index (χ0n) is 13.1. The molecule has 0 saturated heterocycles. The lowest BCUT2D eigenvalue weighted by molar-refractivity contribution is -0.00901. The topological polar surface area (TPSA) is 34.2 Å². The minimum atomic E-state index is -0.0928. The molecule has 2 aliphatic carbocycles. The molecule has 1 saturated carbocycles. The second-order valence-corrected chi connectivity index (χ2v) is 8.15. The van der Waals surface area contributed by atoms with Crippen molar-refractivity contribution < 1.29 is 4.74 Å². The average molecular weight is 294 g/mol. The van der Waals surface area contributed by atoms with E-state index >= 15 is 0 Å². The first-order valence-corrected chi connectivity index (χ1v) is 8.54. The van der Waals surface area contributed by atoms with Crippen LogP contribution in [0.25, 0.3) is 0 Å². The lowest BCUT2D eigenvalue weighted by atomic mass is 9.76. The predicted molar refractivity (Wildman–Crippen MR) is 83.2 cm³/mol. The van der Waals surface area contributed by atoms with Gasteiger partial charge in [-0.25, -0.2) is 4.98 Å². The van der Waals surface area contributed by atoms with E-state index in [9.17, 15) is 0 Å². The molecule has 4 heteroatoms. The highest BCUT2D eigenvalue weighted by atomic mass is 32.1. The van der Waals surface area contributed by atoms with E-state index in [4.69, 9.17) is 9.72 Å². The summed E-state index contributed by atoms with van der Waals surface area (Å²) >= 11 is 1.89. The van der Waals surface area contributed by atoms with Gasteiger partial charge >= 0.3 is 0 Å². The van der Waals surface area contributed by atoms with E-state index in [1.54, 1.807) is 0 Å². The molecule has 1 N–H and O–H groups in total. The second-order valence-electron chi connectivity index (χ2n) is 7.12. The molecule has 2 aliphatic rings. The zero-order chi connectivity index (χ0) is 14.4. The Morgan fingerprint density at radius 3 is 2.60 bits per heavy atom. The van der Waals surface area contributed by atoms with Crippen LogP contribution in [0.5, 0.6) is 0 Å². The third kappa shape index (κ3) is 2.32. The minimum absolute atomic E-state index is 0.0928. The summed E-state index contributed by atoms with van der Waals surface area (Å²) in [6.07, 6.45) is 7.07. The van der Waals surface area contributed by atoms with Gasteiger partial charge in [0.1, 0.15) is 10.6 Å². The van der Waals surface area contributed by atoms with E-state index in [2.05, 4.69) is 26.2 Å². The fraction of sp³-hybridized carbons (Fsp3) is 0.812. The van der Waals surface area contributed by atoms with Crippen molar-refractivity contribution in [1.29, 1.82) is 0 Å². The molecule has 1 aromatic rings. The van der Waals surface area contributed by atoms with Crippen LogP contribution in [-0.2, 0) is 16.8 Å². The molecule has 0 radical (unpaired) electrons. The summed E-state index contributed by atoms with van der Waals surface area (Å²) in [5.74, 6) is 0. The normalized spacial score (nSPS) is 27.5. The van der Waals surface area contributed by atoms with Crippen LogP contribution >= 0.6 is 11.3 Å². The second kappa shape index (κ2) is 5.08. The SMILES string of the molecule is CNC1CC(C)(C)Cc2nc(C3(OC)CCCC3)sc21. The van der Waals surface area contributed by atoms with Crippen LogP contribution in [0.2, 0.25) is 0 Å². The quantitative estimate of drug-likeness (QED) is 0.921. The number of methoxy groups -OCH3 is 1. The van der Waals surface area contributed by atoms with Gasteiger partial charge in [0, 0.05) is 18.0 Å². The monoisotopic (exact) mass is 294 g/mol. The molecular weight excluding hydrogens is 268 g/mol. The van der Waals surface area contributed by atoms with Crippen molar-refractivity contribution in [1.82, 2.24) is 10.3 Å². The fourth-order valence-corrected chi connectivity index (χ4v) is 5.23. The van der Waals surface area contributed by atoms with Gasteiger partial charge in [-0.2, -0.15) is 0 Å². The molecule has 1 fully saturated rings. The van der Waals surface area contributed by atoms with Gasteiger partial charge in [0.15, 0.2) is 0 Å². The summed E-state index contributed by atoms with van der Waals surface area (Å²) < 4.78 is 5.91. The number of fused-ring (bicyclic) bond motifs is 1. The maximum absolute atomic E-state index is 5.91. The zero-order valence-corrected chi connectivity index (χ0v) is 13.9. The van der Waals surface area contributed by atoms with Gasteiger partial charge in [-0.05, 0) is 38.1 Å². The van der Waals surface area contributed by atoms with E-state index < -0.39 is 0 Å². The number of rotatable bonds is 3. The van der Waals surface area contributed by atoms with Gasteiger partial charge in [-0.15, -0.1) is 11.3 Å². The number of ether oxygens (including phenoxy) is 1. The number of nitrogens with zero attached hydrogens (tertiary/aromatic N) is 1. The van der Waals surface area contributed by atoms with Crippen molar-refractivity contribution in [3.05, 3.63) is 15.6 Å². The Bertz CT molecular complexity index is 489. The minimum Gasteiger partial charge on any atom is -0.371 e. The van der Waals surface area contributed by atoms with Crippen LogP contribution in [0, 0.1) is 5.41 Å². The van der Waals surface area contributed by atoms with Crippen molar-refractivity contribution in [2.45, 2.75) is 64.0 Å². The van der Waals surface area contributed by atoms with E-state index in [-0.39, 0.29) is 5.60 Å². The largest absolute Gasteiger partial charge is 0.371 e. The molecule has 3 rings (SSSR count). The van der Waals surface area contributed by atoms with E-state index in [1.165, 1.54) is 34.8 Å². The van der Waals surface area contributed by atoms with Crippen LogP contribution in [0.15, 0.2) is 0 Å². The highest BCUT2D eigenvalue weighted by molar-refractivity contribution is 7.12. The first-order chi connectivity index (χ1) is 9.50. The van der Waals surface area contributed by atoms with Crippen LogP contribution in [0.3, 0.4) is 0 Å². The molecule has 0 spiro atoms. The van der Waals surface area contributed by atoms with Gasteiger partial charge in [-0.3, -0.25) is 0 Å². The van der Waals surface area contributed by atoms with Crippen molar-refractivity contribution >= 4 is 11.3 Å². The van der Waals surface area contributed by atoms with Crippen LogP contribution < -0.4 is 5.32 Å². The molecule has 0 bridgehead atoms. The summed E-state index contributed by atoms with van der Waals surface area (Å²) in [4.78, 5) is 6.47. The van der Waals surface area contributed by atoms with E-state index in [0.717, 1.165) is 19.3 Å². The van der Waals surface area contributed by atoms with E-state index in [0.29, 0.717) is 11.5 Å². The Kier molecular flexibility index (Phi) is 3.68. The summed E-state index contributed by atoms with van der Waals surface area (Å²) in [6.45, 7) is 4.70. The molecule has 1 aromatic heterocycles. The van der Waals surface area contributed by atoms with Crippen LogP contribution in [0.4, 0.5) is 0 Å². The Labute approximate surface area is 126 Å². The molecule has 1 heterocycles. The van der Waals surface area contributed by atoms with Crippen LogP contribution in [0.1, 0.15) is 67.6 Å². The smallest absolute Gasteiger partial charge is 0.125 e. The summed E-state index contributed by atoms with van der Waals surface area (Å²) in [5.41, 5.74) is 1.55. The molecule has 1 atom stereocenters. The van der Waals surface area contributed by atoms with Gasteiger partial charge < -0.3 is 10.1 Å². The molecule has 112 valence electrons. The molecular formula is C16H26N2OS. The number of aromatic nitrogens is 1. The maximum Gasteiger partial charge on any atom is 0.125 e. The van der Waals surface area contributed by atoms with Crippen molar-refractivity contribution in [2.24, 2.45) is 5.41 Å². The van der Waals surface area contributed by atoms with Crippen LogP contribution in [-0.4, -0.2) is 19.1 Å². The third-order valence-corrected chi connectivity index (χ3v) is 6.38. The van der Waals surface area contributed by atoms with Crippen molar-refractivity contribution in [3.63, 3.8) is 0 Å². The molecule has 0 aliphatic heterocycles. The number of hydrogen-bond acceptors (Lipinski definition) is 4. The molecule has 20 heavy (non-hydrogen) atoms. The first-order valence-electron chi connectivity index (χ1n) is 7.72. The fourth-order valence-electron chi connectivity index (χ4n) is 3.81. The Hall–Kier alpha value is -0.450. The van der Waals surface area contributed by atoms with Gasteiger partial charge in [0.05, 0.1) is 5.69 Å². The molecule has 3 nitrogen and oxygen atoms in total. The summed E-state index contributed by atoms with van der Waals surface area (Å²) in [5, 5.41) is 4.70. The number of hydrogen-bond donors (Lipinski definition) is 1. The molecule has 0 amide bonds. The predicted octanol–water partition coefficient (Wildman–Crippen LogP) is 3.79. The van der Waals surface area contributed by atoms with Gasteiger partial charge in [0.25, 0.3) is 0 Å². The highest BCUT2D eigenvalue weighted by Crippen LogP contribution is 2.48. The maximum atomic E-state index is 5.91. The number of thiazole rings is 1. The average Bonchev–Trinajstić information content (AvgIpc) is 3.02. The summed E-state index contributed by atoms with van der Waals surface area (Å²) in [7, 11) is 3.92. The van der Waals surface area contributed by atoms with Gasteiger partial charge in [-0.1, -0.05) is 26.7 Å². The Morgan fingerprint density at radius 1 is 1.30 bits per heavy atom. The lowest BCUT2D eigenvalue weighted by Gasteiger charge is -2.34. The summed E-state index contributed by atoms with van der Waals surface area (Å²) in [6, 6.07) is 0.454.